The molecule has 0 bridgehead atoms. The van der Waals surface area contributed by atoms with Crippen molar-refractivity contribution in [1.82, 2.24) is 0 Å². The molecule has 0 spiro atoms. The van der Waals surface area contributed by atoms with E-state index >= 15 is 0 Å². The Balaban J connectivity index is 3.75. The van der Waals surface area contributed by atoms with Gasteiger partial charge in [0.2, 0.25) is 0 Å². The van der Waals surface area contributed by atoms with Crippen LogP contribution in [0.2, 0.25) is 0 Å². The number of aliphatic hydroxyl groups is 2. The van der Waals surface area contributed by atoms with Gasteiger partial charge in [-0.2, -0.15) is 0 Å². The molecule has 0 radical (unpaired) electrons. The van der Waals surface area contributed by atoms with Gasteiger partial charge >= 0.3 is 0 Å². The Morgan fingerprint density at radius 2 is 1.10 bits per heavy atom. The summed E-state index contributed by atoms with van der Waals surface area (Å²) in [5.41, 5.74) is 0.274. The fraction of sp³-hybridized carbons (Fsp3) is 0.941. The zero-order valence-electron chi connectivity index (χ0n) is 13.9. The Morgan fingerprint density at radius 1 is 0.750 bits per heavy atom. The molecule has 0 aliphatic rings. The first kappa shape index (κ1) is 19.6. The van der Waals surface area contributed by atoms with Gasteiger partial charge in [0.05, 0.1) is 0 Å². The molecule has 0 atom stereocenters. The highest BCUT2D eigenvalue weighted by Crippen LogP contribution is 2.28. The summed E-state index contributed by atoms with van der Waals surface area (Å²) < 4.78 is 0. The smallest absolute Gasteiger partial charge is 0.132 e. The zero-order chi connectivity index (χ0) is 15.6. The number of carbonyl (C=O) groups excluding carboxylic acids is 1. The van der Waals surface area contributed by atoms with Crippen LogP contribution in [0.25, 0.3) is 0 Å². The van der Waals surface area contributed by atoms with E-state index in [9.17, 15) is 4.79 Å². The number of hydrogen-bond acceptors (Lipinski definition) is 3. The van der Waals surface area contributed by atoms with E-state index in [1.54, 1.807) is 0 Å². The number of Topliss-reactive ketones (excluding diaryl/α,β-unsaturated/α-hetero) is 1. The van der Waals surface area contributed by atoms with Crippen molar-refractivity contribution >= 4 is 5.78 Å². The second kappa shape index (κ2) is 9.51. The molecule has 20 heavy (non-hydrogen) atoms. The molecule has 0 heterocycles. The molecule has 2 N–H and O–H groups in total. The van der Waals surface area contributed by atoms with Gasteiger partial charge in [-0.05, 0) is 49.4 Å². The monoisotopic (exact) mass is 286 g/mol. The summed E-state index contributed by atoms with van der Waals surface area (Å²) in [4.78, 5) is 11.8. The van der Waals surface area contributed by atoms with E-state index in [1.807, 2.05) is 0 Å². The molecule has 0 aliphatic heterocycles. The fourth-order valence-corrected chi connectivity index (χ4v) is 2.51. The summed E-state index contributed by atoms with van der Waals surface area (Å²) in [6, 6.07) is 0. The highest BCUT2D eigenvalue weighted by atomic mass is 16.3. The molecule has 0 fully saturated rings. The van der Waals surface area contributed by atoms with Crippen LogP contribution in [-0.2, 0) is 4.79 Å². The SMILES string of the molecule is CC(C)(CCO)CCCC(=O)CCCC(C)(C)CCO. The molecule has 0 aliphatic carbocycles. The third kappa shape index (κ3) is 10.4. The van der Waals surface area contributed by atoms with Crippen LogP contribution in [-0.4, -0.2) is 29.2 Å². The maximum absolute atomic E-state index is 11.8. The minimum atomic E-state index is 0.137. The van der Waals surface area contributed by atoms with Crippen molar-refractivity contribution in [1.29, 1.82) is 0 Å². The van der Waals surface area contributed by atoms with Crippen LogP contribution in [0.3, 0.4) is 0 Å². The van der Waals surface area contributed by atoms with Gasteiger partial charge in [-0.15, -0.1) is 0 Å². The minimum absolute atomic E-state index is 0.137. The number of hydrogen-bond donors (Lipinski definition) is 2. The van der Waals surface area contributed by atoms with Gasteiger partial charge in [0.1, 0.15) is 5.78 Å². The third-order valence-corrected chi connectivity index (χ3v) is 4.20. The number of carbonyl (C=O) groups is 1. The van der Waals surface area contributed by atoms with E-state index in [0.29, 0.717) is 18.6 Å². The van der Waals surface area contributed by atoms with Crippen molar-refractivity contribution in [2.75, 3.05) is 13.2 Å². The largest absolute Gasteiger partial charge is 0.396 e. The first-order valence-electron chi connectivity index (χ1n) is 7.96. The van der Waals surface area contributed by atoms with Crippen LogP contribution < -0.4 is 0 Å². The van der Waals surface area contributed by atoms with Crippen molar-refractivity contribution in [2.24, 2.45) is 10.8 Å². The lowest BCUT2D eigenvalue weighted by Crippen LogP contribution is -2.15. The molecular formula is C17H34O3. The molecular weight excluding hydrogens is 252 g/mol. The van der Waals surface area contributed by atoms with Crippen LogP contribution >= 0.6 is 0 Å². The Kier molecular flexibility index (Phi) is 9.32. The summed E-state index contributed by atoms with van der Waals surface area (Å²) in [6.07, 6.45) is 6.76. The van der Waals surface area contributed by atoms with E-state index in [1.165, 1.54) is 0 Å². The molecule has 0 aromatic carbocycles. The molecule has 0 saturated carbocycles. The Bertz CT molecular complexity index is 243. The highest BCUT2D eigenvalue weighted by molar-refractivity contribution is 5.78. The Hall–Kier alpha value is -0.410. The molecule has 3 heteroatoms. The summed E-state index contributed by atoms with van der Waals surface area (Å²) in [5, 5.41) is 17.9. The van der Waals surface area contributed by atoms with Crippen molar-refractivity contribution in [3.05, 3.63) is 0 Å². The van der Waals surface area contributed by atoms with E-state index in [4.69, 9.17) is 10.2 Å². The Morgan fingerprint density at radius 3 is 1.40 bits per heavy atom. The molecule has 0 rings (SSSR count). The quantitative estimate of drug-likeness (QED) is 0.575. The molecule has 120 valence electrons. The van der Waals surface area contributed by atoms with Crippen LogP contribution in [0.1, 0.15) is 79.1 Å². The Labute approximate surface area is 124 Å². The van der Waals surface area contributed by atoms with Gasteiger partial charge in [-0.3, -0.25) is 4.79 Å². The van der Waals surface area contributed by atoms with Gasteiger partial charge < -0.3 is 10.2 Å². The van der Waals surface area contributed by atoms with E-state index in [2.05, 4.69) is 27.7 Å². The summed E-state index contributed by atoms with van der Waals surface area (Å²) in [6.45, 7) is 9.02. The lowest BCUT2D eigenvalue weighted by atomic mass is 9.82. The third-order valence-electron chi connectivity index (χ3n) is 4.20. The van der Waals surface area contributed by atoms with Crippen LogP contribution in [0.15, 0.2) is 0 Å². The first-order chi connectivity index (χ1) is 9.22. The van der Waals surface area contributed by atoms with Crippen LogP contribution in [0.4, 0.5) is 0 Å². The average molecular weight is 286 g/mol. The van der Waals surface area contributed by atoms with Crippen molar-refractivity contribution < 1.29 is 15.0 Å². The predicted molar refractivity (Wildman–Crippen MR) is 83.7 cm³/mol. The lowest BCUT2D eigenvalue weighted by Gasteiger charge is -2.24. The van der Waals surface area contributed by atoms with E-state index < -0.39 is 0 Å². The van der Waals surface area contributed by atoms with Crippen molar-refractivity contribution in [3.63, 3.8) is 0 Å². The zero-order valence-corrected chi connectivity index (χ0v) is 13.9. The molecule has 0 amide bonds. The van der Waals surface area contributed by atoms with Crippen LogP contribution in [0, 0.1) is 10.8 Å². The number of ketones is 1. The second-order valence-corrected chi connectivity index (χ2v) is 7.52. The molecule has 0 saturated heterocycles. The van der Waals surface area contributed by atoms with Crippen LogP contribution in [0.5, 0.6) is 0 Å². The van der Waals surface area contributed by atoms with Gasteiger partial charge in [0.15, 0.2) is 0 Å². The molecule has 0 aromatic heterocycles. The maximum atomic E-state index is 11.8. The standard InChI is InChI=1S/C17H34O3/c1-16(2,11-13-18)9-5-7-15(20)8-6-10-17(3,4)12-14-19/h18-19H,5-14H2,1-4H3. The summed E-state index contributed by atoms with van der Waals surface area (Å²) in [7, 11) is 0. The van der Waals surface area contributed by atoms with E-state index in [0.717, 1.165) is 38.5 Å². The van der Waals surface area contributed by atoms with Gasteiger partial charge in [-0.25, -0.2) is 0 Å². The second-order valence-electron chi connectivity index (χ2n) is 7.52. The number of aliphatic hydroxyl groups excluding tert-OH is 2. The van der Waals surface area contributed by atoms with Gasteiger partial charge in [-0.1, -0.05) is 27.7 Å². The highest BCUT2D eigenvalue weighted by Gasteiger charge is 2.19. The molecule has 3 nitrogen and oxygen atoms in total. The lowest BCUT2D eigenvalue weighted by molar-refractivity contribution is -0.119. The fourth-order valence-electron chi connectivity index (χ4n) is 2.51. The topological polar surface area (TPSA) is 57.5 Å². The molecule has 0 unspecified atom stereocenters. The van der Waals surface area contributed by atoms with Crippen molar-refractivity contribution in [2.45, 2.75) is 79.1 Å². The van der Waals surface area contributed by atoms with Gasteiger partial charge in [0, 0.05) is 26.1 Å². The minimum Gasteiger partial charge on any atom is -0.396 e. The average Bonchev–Trinajstić information content (AvgIpc) is 2.27. The normalized spacial score (nSPS) is 12.7. The van der Waals surface area contributed by atoms with E-state index in [-0.39, 0.29) is 24.0 Å². The summed E-state index contributed by atoms with van der Waals surface area (Å²) >= 11 is 0. The predicted octanol–water partition coefficient (Wildman–Crippen LogP) is 3.71. The first-order valence-corrected chi connectivity index (χ1v) is 7.96. The van der Waals surface area contributed by atoms with Crippen molar-refractivity contribution in [3.8, 4) is 0 Å². The number of rotatable bonds is 12. The summed E-state index contributed by atoms with van der Waals surface area (Å²) in [5.74, 6) is 0.351. The molecule has 0 aromatic rings. The van der Waals surface area contributed by atoms with Gasteiger partial charge in [0.25, 0.3) is 0 Å². The maximum Gasteiger partial charge on any atom is 0.132 e.